The minimum absolute atomic E-state index is 0.0558. The molecule has 0 unspecified atom stereocenters. The molecule has 0 spiro atoms. The number of nitro groups is 1. The number of thioether (sulfide) groups is 1. The second-order valence-corrected chi connectivity index (χ2v) is 4.72. The second-order valence-electron chi connectivity index (χ2n) is 3.20. The van der Waals surface area contributed by atoms with Gasteiger partial charge in [0.1, 0.15) is 5.69 Å². The first-order valence-electron chi connectivity index (χ1n) is 4.52. The molecule has 0 aromatic heterocycles. The van der Waals surface area contributed by atoms with Crippen LogP contribution in [0.15, 0.2) is 18.2 Å². The highest BCUT2D eigenvalue weighted by molar-refractivity contribution is 8.14. The van der Waals surface area contributed by atoms with Gasteiger partial charge in [-0.15, -0.1) is 0 Å². The molecule has 0 amide bonds. The number of hydrogen-bond acceptors (Lipinski definition) is 4. The van der Waals surface area contributed by atoms with Crippen molar-refractivity contribution in [1.29, 1.82) is 5.41 Å². The fraction of sp³-hybridized carbons (Fsp3) is 0.222. The Labute approximate surface area is 101 Å². The first kappa shape index (κ1) is 11.2. The van der Waals surface area contributed by atoms with E-state index in [4.69, 9.17) is 17.0 Å². The van der Waals surface area contributed by atoms with Crippen LogP contribution in [0.4, 0.5) is 11.4 Å². The average Bonchev–Trinajstić information content (AvgIpc) is 2.64. The van der Waals surface area contributed by atoms with Gasteiger partial charge in [0, 0.05) is 23.4 Å². The smallest absolute Gasteiger partial charge is 0.294 e. The summed E-state index contributed by atoms with van der Waals surface area (Å²) in [6, 6.07) is 4.49. The Balaban J connectivity index is 2.47. The lowest BCUT2D eigenvalue weighted by atomic mass is 10.2. The van der Waals surface area contributed by atoms with E-state index in [1.54, 1.807) is 17.0 Å². The van der Waals surface area contributed by atoms with E-state index in [-0.39, 0.29) is 5.69 Å². The van der Waals surface area contributed by atoms with Gasteiger partial charge >= 0.3 is 0 Å². The van der Waals surface area contributed by atoms with Crippen molar-refractivity contribution in [3.63, 3.8) is 0 Å². The van der Waals surface area contributed by atoms with Crippen molar-refractivity contribution in [3.8, 4) is 0 Å². The van der Waals surface area contributed by atoms with Crippen molar-refractivity contribution in [1.82, 2.24) is 0 Å². The van der Waals surface area contributed by atoms with Gasteiger partial charge in [0.15, 0.2) is 5.17 Å². The number of nitro benzene ring substituents is 1. The summed E-state index contributed by atoms with van der Waals surface area (Å²) in [6.07, 6.45) is 0. The van der Waals surface area contributed by atoms with Gasteiger partial charge in [0.2, 0.25) is 0 Å². The van der Waals surface area contributed by atoms with Gasteiger partial charge in [-0.25, -0.2) is 0 Å². The zero-order valence-corrected chi connectivity index (χ0v) is 9.72. The van der Waals surface area contributed by atoms with Crippen LogP contribution < -0.4 is 4.90 Å². The van der Waals surface area contributed by atoms with Crippen LogP contribution in [0.5, 0.6) is 0 Å². The number of hydrogen-bond donors (Lipinski definition) is 1. The third-order valence-electron chi connectivity index (χ3n) is 2.22. The molecule has 1 aromatic carbocycles. The van der Waals surface area contributed by atoms with E-state index in [0.717, 1.165) is 5.75 Å². The van der Waals surface area contributed by atoms with Crippen molar-refractivity contribution in [3.05, 3.63) is 33.3 Å². The number of anilines is 1. The molecule has 0 bridgehead atoms. The van der Waals surface area contributed by atoms with Crippen LogP contribution in [0.2, 0.25) is 5.02 Å². The molecule has 0 radical (unpaired) electrons. The summed E-state index contributed by atoms with van der Waals surface area (Å²) in [4.78, 5) is 12.0. The number of halogens is 1. The van der Waals surface area contributed by atoms with Crippen LogP contribution in [0, 0.1) is 15.5 Å². The van der Waals surface area contributed by atoms with Crippen LogP contribution in [0.3, 0.4) is 0 Å². The van der Waals surface area contributed by atoms with Gasteiger partial charge in [0.05, 0.1) is 4.92 Å². The zero-order chi connectivity index (χ0) is 11.7. The Morgan fingerprint density at radius 1 is 1.56 bits per heavy atom. The normalized spacial score (nSPS) is 15.6. The Hall–Kier alpha value is -1.27. The summed E-state index contributed by atoms with van der Waals surface area (Å²) < 4.78 is 0. The largest absolute Gasteiger partial charge is 0.315 e. The molecule has 5 nitrogen and oxygen atoms in total. The third kappa shape index (κ3) is 1.98. The number of benzene rings is 1. The average molecular weight is 258 g/mol. The van der Waals surface area contributed by atoms with Gasteiger partial charge in [-0.05, 0) is 12.1 Å². The molecule has 7 heteroatoms. The maximum absolute atomic E-state index is 10.9. The lowest BCUT2D eigenvalue weighted by Gasteiger charge is -2.16. The summed E-state index contributed by atoms with van der Waals surface area (Å²) in [5.41, 5.74) is 0.379. The van der Waals surface area contributed by atoms with Gasteiger partial charge in [-0.1, -0.05) is 23.4 Å². The number of amidine groups is 1. The molecular weight excluding hydrogens is 250 g/mol. The van der Waals surface area contributed by atoms with E-state index in [9.17, 15) is 10.1 Å². The summed E-state index contributed by atoms with van der Waals surface area (Å²) >= 11 is 7.10. The topological polar surface area (TPSA) is 70.2 Å². The van der Waals surface area contributed by atoms with Crippen LogP contribution in [0.25, 0.3) is 0 Å². The minimum atomic E-state index is -0.475. The van der Waals surface area contributed by atoms with Gasteiger partial charge < -0.3 is 4.90 Å². The van der Waals surface area contributed by atoms with Gasteiger partial charge in [0.25, 0.3) is 5.69 Å². The van der Waals surface area contributed by atoms with E-state index in [2.05, 4.69) is 0 Å². The predicted molar refractivity (Wildman–Crippen MR) is 65.6 cm³/mol. The highest BCUT2D eigenvalue weighted by Crippen LogP contribution is 2.34. The molecule has 2 rings (SSSR count). The molecule has 0 aliphatic carbocycles. The predicted octanol–water partition coefficient (Wildman–Crippen LogP) is 2.74. The Morgan fingerprint density at radius 3 is 2.88 bits per heavy atom. The highest BCUT2D eigenvalue weighted by Gasteiger charge is 2.26. The third-order valence-corrected chi connectivity index (χ3v) is 3.34. The van der Waals surface area contributed by atoms with Crippen LogP contribution >= 0.6 is 23.4 Å². The van der Waals surface area contributed by atoms with Gasteiger partial charge in [-0.2, -0.15) is 0 Å². The van der Waals surface area contributed by atoms with Crippen molar-refractivity contribution < 1.29 is 4.92 Å². The fourth-order valence-corrected chi connectivity index (χ4v) is 2.49. The zero-order valence-electron chi connectivity index (χ0n) is 8.14. The van der Waals surface area contributed by atoms with Crippen LogP contribution in [0.1, 0.15) is 0 Å². The number of nitrogens with one attached hydrogen (secondary N) is 1. The van der Waals surface area contributed by atoms with Crippen LogP contribution in [-0.2, 0) is 0 Å². The summed E-state index contributed by atoms with van der Waals surface area (Å²) in [5, 5.41) is 19.2. The molecule has 1 aromatic rings. The molecule has 0 saturated carbocycles. The van der Waals surface area contributed by atoms with Gasteiger partial charge in [-0.3, -0.25) is 15.5 Å². The van der Waals surface area contributed by atoms with Crippen molar-refractivity contribution in [2.24, 2.45) is 0 Å². The van der Waals surface area contributed by atoms with E-state index >= 15 is 0 Å². The first-order valence-corrected chi connectivity index (χ1v) is 5.89. The maximum Gasteiger partial charge on any atom is 0.294 e. The second kappa shape index (κ2) is 4.31. The lowest BCUT2D eigenvalue weighted by molar-refractivity contribution is -0.384. The first-order chi connectivity index (χ1) is 7.59. The van der Waals surface area contributed by atoms with E-state index < -0.39 is 4.92 Å². The maximum atomic E-state index is 10.9. The SMILES string of the molecule is N=C1SCCN1c1ccc(Cl)cc1[N+](=O)[O-]. The quantitative estimate of drug-likeness (QED) is 0.653. The number of nitrogens with zero attached hydrogens (tertiary/aromatic N) is 2. The minimum Gasteiger partial charge on any atom is -0.315 e. The molecule has 84 valence electrons. The molecule has 1 fully saturated rings. The molecule has 1 saturated heterocycles. The molecular formula is C9H8ClN3O2S. The lowest BCUT2D eigenvalue weighted by Crippen LogP contribution is -2.23. The summed E-state index contributed by atoms with van der Waals surface area (Å²) in [6.45, 7) is 0.617. The highest BCUT2D eigenvalue weighted by atomic mass is 35.5. The number of rotatable bonds is 2. The Bertz CT molecular complexity index is 466. The molecule has 1 heterocycles. The van der Waals surface area contributed by atoms with E-state index in [1.807, 2.05) is 0 Å². The van der Waals surface area contributed by atoms with E-state index in [0.29, 0.717) is 22.4 Å². The fourth-order valence-electron chi connectivity index (χ4n) is 1.51. The standard InChI is InChI=1S/C9H8ClN3O2S/c10-6-1-2-7(8(5-6)13(14)15)12-3-4-16-9(12)11/h1-2,5,11H,3-4H2. The van der Waals surface area contributed by atoms with E-state index in [1.165, 1.54) is 17.8 Å². The van der Waals surface area contributed by atoms with Crippen molar-refractivity contribution in [2.75, 3.05) is 17.2 Å². The monoisotopic (exact) mass is 257 g/mol. The molecule has 1 aliphatic heterocycles. The molecule has 1 N–H and O–H groups in total. The Kier molecular flexibility index (Phi) is 3.02. The molecule has 1 aliphatic rings. The molecule has 0 atom stereocenters. The summed E-state index contributed by atoms with van der Waals surface area (Å²) in [7, 11) is 0. The summed E-state index contributed by atoms with van der Waals surface area (Å²) in [5.74, 6) is 0.776. The van der Waals surface area contributed by atoms with Crippen molar-refractivity contribution in [2.45, 2.75) is 0 Å². The van der Waals surface area contributed by atoms with Crippen molar-refractivity contribution >= 4 is 39.9 Å². The Morgan fingerprint density at radius 2 is 2.31 bits per heavy atom. The van der Waals surface area contributed by atoms with Crippen LogP contribution in [-0.4, -0.2) is 22.4 Å². The molecule has 16 heavy (non-hydrogen) atoms.